The molecule has 0 spiro atoms. The summed E-state index contributed by atoms with van der Waals surface area (Å²) in [5, 5.41) is -0.187. The zero-order valence-corrected chi connectivity index (χ0v) is 8.16. The summed E-state index contributed by atoms with van der Waals surface area (Å²) in [5.41, 5.74) is 0. The van der Waals surface area contributed by atoms with Crippen LogP contribution in [0.5, 0.6) is 0 Å². The molecule has 66 valence electrons. The van der Waals surface area contributed by atoms with Crippen LogP contribution in [0.2, 0.25) is 0 Å². The van der Waals surface area contributed by atoms with Crippen molar-refractivity contribution in [1.29, 1.82) is 0 Å². The van der Waals surface area contributed by atoms with Crippen LogP contribution in [0.15, 0.2) is 0 Å². The van der Waals surface area contributed by atoms with Gasteiger partial charge in [-0.1, -0.05) is 33.1 Å². The number of unbranched alkanes of at least 4 members (excludes halogenated alkanes) is 1. The van der Waals surface area contributed by atoms with Gasteiger partial charge in [0.1, 0.15) is 0 Å². The molecule has 0 saturated carbocycles. The Bertz CT molecular complexity index is 112. The molecule has 0 aliphatic carbocycles. The predicted octanol–water partition coefficient (Wildman–Crippen LogP) is 3.36. The molecule has 0 aromatic heterocycles. The average Bonchev–Trinajstić information content (AvgIpc) is 1.97. The molecule has 11 heavy (non-hydrogen) atoms. The molecule has 0 aromatic rings. The third-order valence-electron chi connectivity index (χ3n) is 1.99. The Kier molecular flexibility index (Phi) is 6.63. The summed E-state index contributed by atoms with van der Waals surface area (Å²) >= 11 is 5.29. The lowest BCUT2D eigenvalue weighted by molar-refractivity contribution is -0.112. The van der Waals surface area contributed by atoms with E-state index < -0.39 is 0 Å². The lowest BCUT2D eigenvalue weighted by atomic mass is 9.97. The van der Waals surface area contributed by atoms with E-state index in [1.807, 2.05) is 0 Å². The normalized spacial score (nSPS) is 13.0. The predicted molar refractivity (Wildman–Crippen MR) is 48.8 cm³/mol. The van der Waals surface area contributed by atoms with E-state index in [0.29, 0.717) is 12.3 Å². The zero-order valence-electron chi connectivity index (χ0n) is 7.40. The topological polar surface area (TPSA) is 17.1 Å². The highest BCUT2D eigenvalue weighted by Crippen LogP contribution is 2.17. The van der Waals surface area contributed by atoms with E-state index in [-0.39, 0.29) is 5.24 Å². The molecular formula is C9H17ClO. The number of carbonyl (C=O) groups is 1. The van der Waals surface area contributed by atoms with Crippen molar-refractivity contribution < 1.29 is 4.79 Å². The Morgan fingerprint density at radius 1 is 1.45 bits per heavy atom. The fourth-order valence-electron chi connectivity index (χ4n) is 1.17. The van der Waals surface area contributed by atoms with Crippen LogP contribution in [0, 0.1) is 5.92 Å². The highest BCUT2D eigenvalue weighted by molar-refractivity contribution is 6.63. The Labute approximate surface area is 74.1 Å². The van der Waals surface area contributed by atoms with Crippen LogP contribution < -0.4 is 0 Å². The second kappa shape index (κ2) is 6.66. The number of rotatable bonds is 6. The Morgan fingerprint density at radius 3 is 2.45 bits per heavy atom. The van der Waals surface area contributed by atoms with E-state index in [4.69, 9.17) is 11.6 Å². The molecule has 0 aromatic carbocycles. The molecule has 0 aliphatic rings. The Balaban J connectivity index is 3.49. The van der Waals surface area contributed by atoms with E-state index in [1.54, 1.807) is 0 Å². The zero-order chi connectivity index (χ0) is 8.69. The van der Waals surface area contributed by atoms with Crippen LogP contribution in [-0.2, 0) is 4.79 Å². The van der Waals surface area contributed by atoms with Crippen molar-refractivity contribution >= 4 is 16.8 Å². The molecule has 1 nitrogen and oxygen atoms in total. The molecule has 1 unspecified atom stereocenters. The average molecular weight is 177 g/mol. The third-order valence-corrected chi connectivity index (χ3v) is 2.15. The first kappa shape index (κ1) is 11.0. The molecule has 0 radical (unpaired) electrons. The highest BCUT2D eigenvalue weighted by atomic mass is 35.5. The molecule has 0 bridgehead atoms. The van der Waals surface area contributed by atoms with Gasteiger partial charge < -0.3 is 0 Å². The largest absolute Gasteiger partial charge is 0.281 e. The SMILES string of the molecule is CCCCC(CC)CC(=O)Cl. The van der Waals surface area contributed by atoms with Crippen LogP contribution in [0.1, 0.15) is 46.0 Å². The number of halogens is 1. The first-order chi connectivity index (χ1) is 5.20. The minimum absolute atomic E-state index is 0.187. The van der Waals surface area contributed by atoms with Gasteiger partial charge in [0.2, 0.25) is 5.24 Å². The summed E-state index contributed by atoms with van der Waals surface area (Å²) in [6.45, 7) is 4.27. The lowest BCUT2D eigenvalue weighted by Crippen LogP contribution is -2.02. The summed E-state index contributed by atoms with van der Waals surface area (Å²) in [7, 11) is 0. The van der Waals surface area contributed by atoms with Gasteiger partial charge in [-0.3, -0.25) is 4.79 Å². The van der Waals surface area contributed by atoms with Gasteiger partial charge >= 0.3 is 0 Å². The molecular weight excluding hydrogens is 160 g/mol. The maximum atomic E-state index is 10.5. The van der Waals surface area contributed by atoms with E-state index in [2.05, 4.69) is 13.8 Å². The van der Waals surface area contributed by atoms with Gasteiger partial charge in [-0.05, 0) is 23.9 Å². The minimum atomic E-state index is -0.187. The molecule has 0 fully saturated rings. The van der Waals surface area contributed by atoms with Gasteiger partial charge in [-0.2, -0.15) is 0 Å². The van der Waals surface area contributed by atoms with Crippen molar-refractivity contribution in [3.05, 3.63) is 0 Å². The summed E-state index contributed by atoms with van der Waals surface area (Å²) in [6, 6.07) is 0. The molecule has 0 amide bonds. The first-order valence-corrected chi connectivity index (χ1v) is 4.76. The standard InChI is InChI=1S/C9H17ClO/c1-3-5-6-8(4-2)7-9(10)11/h8H,3-7H2,1-2H3. The van der Waals surface area contributed by atoms with E-state index >= 15 is 0 Å². The summed E-state index contributed by atoms with van der Waals surface area (Å²) < 4.78 is 0. The molecule has 0 N–H and O–H groups in total. The van der Waals surface area contributed by atoms with Gasteiger partial charge in [0.05, 0.1) is 0 Å². The van der Waals surface area contributed by atoms with E-state index in [0.717, 1.165) is 12.8 Å². The molecule has 0 saturated heterocycles. The van der Waals surface area contributed by atoms with Crippen LogP contribution in [-0.4, -0.2) is 5.24 Å². The summed E-state index contributed by atoms with van der Waals surface area (Å²) in [6.07, 6.45) is 5.18. The maximum Gasteiger partial charge on any atom is 0.221 e. The monoisotopic (exact) mass is 176 g/mol. The van der Waals surface area contributed by atoms with Crippen molar-refractivity contribution in [3.8, 4) is 0 Å². The third kappa shape index (κ3) is 6.36. The van der Waals surface area contributed by atoms with Crippen molar-refractivity contribution in [3.63, 3.8) is 0 Å². The van der Waals surface area contributed by atoms with Gasteiger partial charge in [-0.15, -0.1) is 0 Å². The van der Waals surface area contributed by atoms with E-state index in [9.17, 15) is 4.79 Å². The molecule has 2 heteroatoms. The summed E-state index contributed by atoms with van der Waals surface area (Å²) in [4.78, 5) is 10.5. The van der Waals surface area contributed by atoms with Gasteiger partial charge in [0, 0.05) is 6.42 Å². The van der Waals surface area contributed by atoms with Crippen molar-refractivity contribution in [2.45, 2.75) is 46.0 Å². The molecule has 0 rings (SSSR count). The van der Waals surface area contributed by atoms with Gasteiger partial charge in [0.15, 0.2) is 0 Å². The van der Waals surface area contributed by atoms with Crippen molar-refractivity contribution in [1.82, 2.24) is 0 Å². The van der Waals surface area contributed by atoms with Gasteiger partial charge in [-0.25, -0.2) is 0 Å². The Morgan fingerprint density at radius 2 is 2.09 bits per heavy atom. The van der Waals surface area contributed by atoms with E-state index in [1.165, 1.54) is 12.8 Å². The second-order valence-electron chi connectivity index (χ2n) is 2.98. The Hall–Kier alpha value is -0.0400. The minimum Gasteiger partial charge on any atom is -0.281 e. The summed E-state index contributed by atoms with van der Waals surface area (Å²) in [5.74, 6) is 0.514. The van der Waals surface area contributed by atoms with Crippen LogP contribution in [0.3, 0.4) is 0 Å². The first-order valence-electron chi connectivity index (χ1n) is 4.39. The number of hydrogen-bond donors (Lipinski definition) is 0. The van der Waals surface area contributed by atoms with Crippen molar-refractivity contribution in [2.75, 3.05) is 0 Å². The van der Waals surface area contributed by atoms with Crippen molar-refractivity contribution in [2.24, 2.45) is 5.92 Å². The second-order valence-corrected chi connectivity index (χ2v) is 3.40. The number of hydrogen-bond acceptors (Lipinski definition) is 1. The molecule has 1 atom stereocenters. The lowest BCUT2D eigenvalue weighted by Gasteiger charge is -2.10. The fraction of sp³-hybridized carbons (Fsp3) is 0.889. The smallest absolute Gasteiger partial charge is 0.221 e. The number of carbonyl (C=O) groups excluding carboxylic acids is 1. The maximum absolute atomic E-state index is 10.5. The van der Waals surface area contributed by atoms with Crippen LogP contribution in [0.25, 0.3) is 0 Å². The van der Waals surface area contributed by atoms with Gasteiger partial charge in [0.25, 0.3) is 0 Å². The molecule has 0 heterocycles. The highest BCUT2D eigenvalue weighted by Gasteiger charge is 2.08. The fourth-order valence-corrected chi connectivity index (χ4v) is 1.39. The quantitative estimate of drug-likeness (QED) is 0.568. The van der Waals surface area contributed by atoms with Crippen LogP contribution >= 0.6 is 11.6 Å². The van der Waals surface area contributed by atoms with Crippen LogP contribution in [0.4, 0.5) is 0 Å². The molecule has 0 aliphatic heterocycles.